The fourth-order valence-electron chi connectivity index (χ4n) is 2.23. The number of rotatable bonds is 3. The van der Waals surface area contributed by atoms with Crippen LogP contribution < -0.4 is 9.64 Å². The zero-order valence-electron chi connectivity index (χ0n) is 12.5. The van der Waals surface area contributed by atoms with E-state index in [2.05, 4.69) is 0 Å². The molecule has 7 heteroatoms. The molecule has 1 fully saturated rings. The molecule has 0 spiro atoms. The molecule has 0 radical (unpaired) electrons. The van der Waals surface area contributed by atoms with Gasteiger partial charge in [-0.25, -0.2) is 0 Å². The minimum atomic E-state index is -0.272. The molecule has 3 rings (SSSR count). The van der Waals surface area contributed by atoms with E-state index in [1.54, 1.807) is 55.7 Å². The van der Waals surface area contributed by atoms with Crippen molar-refractivity contribution in [3.05, 3.63) is 63.0 Å². The first-order chi connectivity index (χ1) is 11.5. The molecule has 0 saturated carbocycles. The Bertz CT molecular complexity index is 850. The number of anilines is 1. The molecule has 1 aliphatic rings. The van der Waals surface area contributed by atoms with Crippen molar-refractivity contribution in [2.24, 2.45) is 0 Å². The van der Waals surface area contributed by atoms with Crippen LogP contribution in [0.15, 0.2) is 47.4 Å². The smallest absolute Gasteiger partial charge is 0.271 e. The van der Waals surface area contributed by atoms with Crippen molar-refractivity contribution < 1.29 is 9.53 Å². The predicted molar refractivity (Wildman–Crippen MR) is 100 cm³/mol. The van der Waals surface area contributed by atoms with Gasteiger partial charge in [-0.3, -0.25) is 15.1 Å². The highest BCUT2D eigenvalue weighted by molar-refractivity contribution is 8.19. The minimum absolute atomic E-state index is 0.134. The SMILES string of the molecule is COc1ccc(N2C(=N)S/C(=C\c3cccc(Cl)c3Cl)C2=O)cc1. The van der Waals surface area contributed by atoms with Crippen LogP contribution in [0.5, 0.6) is 5.75 Å². The number of thioether (sulfide) groups is 1. The Balaban J connectivity index is 1.93. The Labute approximate surface area is 153 Å². The molecule has 24 heavy (non-hydrogen) atoms. The lowest BCUT2D eigenvalue weighted by Gasteiger charge is -2.14. The summed E-state index contributed by atoms with van der Waals surface area (Å²) in [6, 6.07) is 12.2. The second-order valence-electron chi connectivity index (χ2n) is 4.90. The van der Waals surface area contributed by atoms with Gasteiger partial charge in [0.2, 0.25) is 0 Å². The summed E-state index contributed by atoms with van der Waals surface area (Å²) < 4.78 is 5.11. The van der Waals surface area contributed by atoms with Crippen molar-refractivity contribution >= 4 is 57.8 Å². The molecule has 1 aliphatic heterocycles. The number of ether oxygens (including phenoxy) is 1. The van der Waals surface area contributed by atoms with E-state index in [-0.39, 0.29) is 11.1 Å². The number of halogens is 2. The fraction of sp³-hybridized carbons (Fsp3) is 0.0588. The Morgan fingerprint density at radius 3 is 2.54 bits per heavy atom. The van der Waals surface area contributed by atoms with Gasteiger partial charge in [0.1, 0.15) is 5.75 Å². The first-order valence-electron chi connectivity index (χ1n) is 6.92. The zero-order valence-corrected chi connectivity index (χ0v) is 14.9. The van der Waals surface area contributed by atoms with Crippen LogP contribution in [0.4, 0.5) is 5.69 Å². The van der Waals surface area contributed by atoms with Gasteiger partial charge in [-0.15, -0.1) is 0 Å². The van der Waals surface area contributed by atoms with Gasteiger partial charge in [-0.1, -0.05) is 35.3 Å². The van der Waals surface area contributed by atoms with Crippen LogP contribution in [0.1, 0.15) is 5.56 Å². The number of nitrogens with zero attached hydrogens (tertiary/aromatic N) is 1. The van der Waals surface area contributed by atoms with Crippen molar-refractivity contribution in [2.45, 2.75) is 0 Å². The number of nitrogens with one attached hydrogen (secondary N) is 1. The Morgan fingerprint density at radius 2 is 1.88 bits per heavy atom. The summed E-state index contributed by atoms with van der Waals surface area (Å²) in [5.41, 5.74) is 1.25. The van der Waals surface area contributed by atoms with Crippen molar-refractivity contribution in [1.82, 2.24) is 0 Å². The average Bonchev–Trinajstić information content (AvgIpc) is 2.86. The van der Waals surface area contributed by atoms with Gasteiger partial charge in [0.25, 0.3) is 5.91 Å². The van der Waals surface area contributed by atoms with Crippen molar-refractivity contribution in [3.8, 4) is 5.75 Å². The minimum Gasteiger partial charge on any atom is -0.497 e. The van der Waals surface area contributed by atoms with E-state index in [4.69, 9.17) is 33.3 Å². The molecule has 0 unspecified atom stereocenters. The number of benzene rings is 2. The van der Waals surface area contributed by atoms with Crippen molar-refractivity contribution in [1.29, 1.82) is 5.41 Å². The van der Waals surface area contributed by atoms with Crippen LogP contribution in [0, 0.1) is 5.41 Å². The summed E-state index contributed by atoms with van der Waals surface area (Å²) in [5, 5.41) is 9.04. The molecule has 1 N–H and O–H groups in total. The highest BCUT2D eigenvalue weighted by Gasteiger charge is 2.33. The third-order valence-electron chi connectivity index (χ3n) is 3.42. The molecule has 0 aliphatic carbocycles. The first-order valence-corrected chi connectivity index (χ1v) is 8.49. The summed E-state index contributed by atoms with van der Waals surface area (Å²) in [6.07, 6.45) is 1.65. The number of carbonyl (C=O) groups is 1. The predicted octanol–water partition coefficient (Wildman–Crippen LogP) is 5.06. The highest BCUT2D eigenvalue weighted by Crippen LogP contribution is 2.37. The largest absolute Gasteiger partial charge is 0.497 e. The third-order valence-corrected chi connectivity index (χ3v) is 5.14. The highest BCUT2D eigenvalue weighted by atomic mass is 35.5. The van der Waals surface area contributed by atoms with E-state index in [0.717, 1.165) is 11.8 Å². The van der Waals surface area contributed by atoms with E-state index in [1.807, 2.05) is 0 Å². The standard InChI is InChI=1S/C17H12Cl2N2O2S/c1-23-12-7-5-11(6-8-12)21-16(22)14(24-17(21)20)9-10-3-2-4-13(18)15(10)19/h2-9,20H,1H3/b14-9-,20-17?. The lowest BCUT2D eigenvalue weighted by molar-refractivity contribution is -0.113. The van der Waals surface area contributed by atoms with Crippen LogP contribution in [-0.4, -0.2) is 18.2 Å². The zero-order chi connectivity index (χ0) is 17.3. The lowest BCUT2D eigenvalue weighted by atomic mass is 10.2. The molecular formula is C17H12Cl2N2O2S. The van der Waals surface area contributed by atoms with Gasteiger partial charge >= 0.3 is 0 Å². The molecule has 2 aromatic carbocycles. The second kappa shape index (κ2) is 6.89. The molecule has 0 aromatic heterocycles. The average molecular weight is 379 g/mol. The summed E-state index contributed by atoms with van der Waals surface area (Å²) in [7, 11) is 1.57. The summed E-state index contributed by atoms with van der Waals surface area (Å²) in [5.74, 6) is 0.414. The Morgan fingerprint density at radius 1 is 1.17 bits per heavy atom. The van der Waals surface area contributed by atoms with E-state index in [9.17, 15) is 4.79 Å². The second-order valence-corrected chi connectivity index (χ2v) is 6.71. The summed E-state index contributed by atoms with van der Waals surface area (Å²) >= 11 is 13.2. The van der Waals surface area contributed by atoms with E-state index in [1.165, 1.54) is 4.90 Å². The molecule has 0 atom stereocenters. The number of hydrogen-bond donors (Lipinski definition) is 1. The normalized spacial score (nSPS) is 16.1. The third kappa shape index (κ3) is 3.15. The van der Waals surface area contributed by atoms with E-state index < -0.39 is 0 Å². The molecule has 1 amide bonds. The summed E-state index contributed by atoms with van der Waals surface area (Å²) in [4.78, 5) is 14.4. The first kappa shape index (κ1) is 16.9. The number of methoxy groups -OCH3 is 1. The fourth-order valence-corrected chi connectivity index (χ4v) is 3.44. The molecule has 0 bridgehead atoms. The van der Waals surface area contributed by atoms with Crippen molar-refractivity contribution in [3.63, 3.8) is 0 Å². The van der Waals surface area contributed by atoms with Crippen LogP contribution in [0.25, 0.3) is 6.08 Å². The van der Waals surface area contributed by atoms with Gasteiger partial charge < -0.3 is 4.74 Å². The maximum absolute atomic E-state index is 12.7. The molecular weight excluding hydrogens is 367 g/mol. The number of amides is 1. The summed E-state index contributed by atoms with van der Waals surface area (Å²) in [6.45, 7) is 0. The van der Waals surface area contributed by atoms with Crippen LogP contribution in [-0.2, 0) is 4.79 Å². The Hall–Kier alpha value is -1.95. The number of hydrogen-bond acceptors (Lipinski definition) is 4. The van der Waals surface area contributed by atoms with E-state index >= 15 is 0 Å². The van der Waals surface area contributed by atoms with Gasteiger partial charge in [0.15, 0.2) is 5.17 Å². The number of carbonyl (C=O) groups excluding carboxylic acids is 1. The molecule has 4 nitrogen and oxygen atoms in total. The topological polar surface area (TPSA) is 53.4 Å². The quantitative estimate of drug-likeness (QED) is 0.759. The monoisotopic (exact) mass is 378 g/mol. The maximum Gasteiger partial charge on any atom is 0.271 e. The van der Waals surface area contributed by atoms with Gasteiger partial charge in [0, 0.05) is 0 Å². The maximum atomic E-state index is 12.7. The van der Waals surface area contributed by atoms with Gasteiger partial charge in [0.05, 0.1) is 27.7 Å². The molecule has 2 aromatic rings. The van der Waals surface area contributed by atoms with Gasteiger partial charge in [-0.2, -0.15) is 0 Å². The van der Waals surface area contributed by atoms with Crippen LogP contribution in [0.2, 0.25) is 10.0 Å². The molecule has 1 saturated heterocycles. The van der Waals surface area contributed by atoms with Crippen molar-refractivity contribution in [2.75, 3.05) is 12.0 Å². The lowest BCUT2D eigenvalue weighted by Crippen LogP contribution is -2.27. The Kier molecular flexibility index (Phi) is 4.85. The van der Waals surface area contributed by atoms with Crippen LogP contribution in [0.3, 0.4) is 0 Å². The molecule has 1 heterocycles. The number of amidine groups is 1. The van der Waals surface area contributed by atoms with Crippen LogP contribution >= 0.6 is 35.0 Å². The van der Waals surface area contributed by atoms with Gasteiger partial charge in [-0.05, 0) is 53.7 Å². The van der Waals surface area contributed by atoms with E-state index in [0.29, 0.717) is 32.0 Å². The molecule has 122 valence electrons.